The lowest BCUT2D eigenvalue weighted by Crippen LogP contribution is -2.12. The standard InChI is InChI=1S/C14H15O4P/c1-2-17-19(16,14-6-4-3-5-7-14)18-13-10-8-12(15)9-11-13/h3-11,15H,2H2,1H3. The van der Waals surface area contributed by atoms with Crippen LogP contribution in [-0.2, 0) is 9.09 Å². The molecule has 0 aliphatic rings. The third-order valence-corrected chi connectivity index (χ3v) is 4.41. The molecule has 0 radical (unpaired) electrons. The second kappa shape index (κ2) is 5.91. The van der Waals surface area contributed by atoms with Crippen LogP contribution in [0, 0.1) is 0 Å². The molecule has 1 N–H and O–H groups in total. The van der Waals surface area contributed by atoms with Crippen molar-refractivity contribution in [3.63, 3.8) is 0 Å². The summed E-state index contributed by atoms with van der Waals surface area (Å²) < 4.78 is 23.6. The van der Waals surface area contributed by atoms with Crippen LogP contribution in [0.1, 0.15) is 6.92 Å². The Bertz CT molecular complexity index is 566. The van der Waals surface area contributed by atoms with E-state index in [0.29, 0.717) is 11.1 Å². The van der Waals surface area contributed by atoms with Gasteiger partial charge in [-0.15, -0.1) is 0 Å². The molecule has 1 unspecified atom stereocenters. The third kappa shape index (κ3) is 3.37. The molecule has 0 bridgehead atoms. The van der Waals surface area contributed by atoms with Gasteiger partial charge in [-0.3, -0.25) is 4.52 Å². The second-order valence-electron chi connectivity index (χ2n) is 3.84. The fraction of sp³-hybridized carbons (Fsp3) is 0.143. The zero-order chi connectivity index (χ0) is 13.7. The molecule has 0 fully saturated rings. The molecule has 0 heterocycles. The van der Waals surface area contributed by atoms with Gasteiger partial charge in [-0.2, -0.15) is 0 Å². The summed E-state index contributed by atoms with van der Waals surface area (Å²) in [4.78, 5) is 0. The molecule has 2 aromatic carbocycles. The molecule has 0 aromatic heterocycles. The molecule has 0 saturated carbocycles. The number of hydrogen-bond donors (Lipinski definition) is 1. The summed E-state index contributed by atoms with van der Waals surface area (Å²) in [5.41, 5.74) is 0. The van der Waals surface area contributed by atoms with Crippen LogP contribution in [0.5, 0.6) is 11.5 Å². The Morgan fingerprint density at radius 1 is 1.05 bits per heavy atom. The SMILES string of the molecule is CCOP(=O)(Oc1ccc(O)cc1)c1ccccc1. The van der Waals surface area contributed by atoms with Gasteiger partial charge in [-0.1, -0.05) is 18.2 Å². The molecular formula is C14H15O4P. The average Bonchev–Trinajstić information content (AvgIpc) is 2.43. The predicted octanol–water partition coefficient (Wildman–Crippen LogP) is 3.33. The van der Waals surface area contributed by atoms with E-state index in [4.69, 9.17) is 9.05 Å². The van der Waals surface area contributed by atoms with E-state index in [1.807, 2.05) is 6.07 Å². The van der Waals surface area contributed by atoms with Crippen molar-refractivity contribution in [2.75, 3.05) is 6.61 Å². The fourth-order valence-corrected chi connectivity index (χ4v) is 3.16. The normalized spacial score (nSPS) is 13.7. The first-order valence-corrected chi connectivity index (χ1v) is 7.47. The molecule has 19 heavy (non-hydrogen) atoms. The highest BCUT2D eigenvalue weighted by molar-refractivity contribution is 7.62. The van der Waals surface area contributed by atoms with Gasteiger partial charge in [0.25, 0.3) is 0 Å². The number of phenolic OH excluding ortho intramolecular Hbond substituents is 1. The van der Waals surface area contributed by atoms with Crippen molar-refractivity contribution >= 4 is 12.9 Å². The first-order valence-electron chi connectivity index (χ1n) is 5.93. The Kier molecular flexibility index (Phi) is 4.25. The molecule has 5 heteroatoms. The average molecular weight is 278 g/mol. The van der Waals surface area contributed by atoms with Gasteiger partial charge in [0.05, 0.1) is 11.9 Å². The summed E-state index contributed by atoms with van der Waals surface area (Å²) in [7, 11) is -3.39. The van der Waals surface area contributed by atoms with Crippen LogP contribution < -0.4 is 9.83 Å². The lowest BCUT2D eigenvalue weighted by atomic mass is 10.3. The Hall–Kier alpha value is -1.77. The van der Waals surface area contributed by atoms with E-state index in [1.54, 1.807) is 43.3 Å². The molecule has 0 aliphatic carbocycles. The van der Waals surface area contributed by atoms with E-state index in [0.717, 1.165) is 0 Å². The first-order chi connectivity index (χ1) is 9.14. The quantitative estimate of drug-likeness (QED) is 0.852. The van der Waals surface area contributed by atoms with Crippen LogP contribution >= 0.6 is 7.60 Å². The van der Waals surface area contributed by atoms with E-state index in [-0.39, 0.29) is 12.4 Å². The third-order valence-electron chi connectivity index (χ3n) is 2.43. The summed E-state index contributed by atoms with van der Waals surface area (Å²) in [5, 5.41) is 9.72. The van der Waals surface area contributed by atoms with E-state index >= 15 is 0 Å². The first kappa shape index (κ1) is 13.7. The lowest BCUT2D eigenvalue weighted by molar-refractivity contribution is 0.289. The summed E-state index contributed by atoms with van der Waals surface area (Å²) >= 11 is 0. The van der Waals surface area contributed by atoms with E-state index in [1.165, 1.54) is 12.1 Å². The summed E-state index contributed by atoms with van der Waals surface area (Å²) in [5.74, 6) is 0.511. The van der Waals surface area contributed by atoms with Gasteiger partial charge in [-0.05, 0) is 43.3 Å². The summed E-state index contributed by atoms with van der Waals surface area (Å²) in [6.07, 6.45) is 0. The van der Waals surface area contributed by atoms with E-state index in [2.05, 4.69) is 0 Å². The van der Waals surface area contributed by atoms with Crippen LogP contribution in [0.25, 0.3) is 0 Å². The molecule has 0 aliphatic heterocycles. The lowest BCUT2D eigenvalue weighted by Gasteiger charge is -2.18. The highest BCUT2D eigenvalue weighted by Crippen LogP contribution is 2.47. The second-order valence-corrected chi connectivity index (χ2v) is 5.79. The zero-order valence-corrected chi connectivity index (χ0v) is 11.4. The van der Waals surface area contributed by atoms with Crippen molar-refractivity contribution in [3.8, 4) is 11.5 Å². The minimum atomic E-state index is -3.39. The van der Waals surface area contributed by atoms with Gasteiger partial charge >= 0.3 is 7.60 Å². The highest BCUT2D eigenvalue weighted by Gasteiger charge is 2.28. The number of rotatable bonds is 5. The molecule has 2 aromatic rings. The van der Waals surface area contributed by atoms with Gasteiger partial charge in [0, 0.05) is 0 Å². The molecule has 2 rings (SSSR count). The van der Waals surface area contributed by atoms with Crippen LogP contribution in [0.15, 0.2) is 54.6 Å². The van der Waals surface area contributed by atoms with E-state index < -0.39 is 7.60 Å². The smallest absolute Gasteiger partial charge is 0.410 e. The maximum absolute atomic E-state index is 12.8. The molecule has 100 valence electrons. The number of benzene rings is 2. The largest absolute Gasteiger partial charge is 0.508 e. The topological polar surface area (TPSA) is 55.8 Å². The van der Waals surface area contributed by atoms with E-state index in [9.17, 15) is 9.67 Å². The number of aromatic hydroxyl groups is 1. The van der Waals surface area contributed by atoms with Gasteiger partial charge in [0.2, 0.25) is 0 Å². The Morgan fingerprint density at radius 2 is 1.68 bits per heavy atom. The van der Waals surface area contributed by atoms with Crippen molar-refractivity contribution in [3.05, 3.63) is 54.6 Å². The minimum Gasteiger partial charge on any atom is -0.508 e. The Labute approximate surface area is 112 Å². The molecule has 0 amide bonds. The fourth-order valence-electron chi connectivity index (χ4n) is 1.58. The van der Waals surface area contributed by atoms with Gasteiger partial charge in [0.15, 0.2) is 0 Å². The Morgan fingerprint density at radius 3 is 2.26 bits per heavy atom. The molecule has 4 nitrogen and oxygen atoms in total. The molecule has 1 atom stereocenters. The molecule has 0 spiro atoms. The van der Waals surface area contributed by atoms with Crippen molar-refractivity contribution in [2.45, 2.75) is 6.92 Å². The summed E-state index contributed by atoms with van der Waals surface area (Å²) in [6, 6.07) is 14.8. The summed E-state index contributed by atoms with van der Waals surface area (Å²) in [6.45, 7) is 2.04. The zero-order valence-electron chi connectivity index (χ0n) is 10.5. The Balaban J connectivity index is 2.30. The maximum atomic E-state index is 12.8. The monoisotopic (exact) mass is 278 g/mol. The maximum Gasteiger partial charge on any atom is 0.410 e. The van der Waals surface area contributed by atoms with Crippen LogP contribution in [0.3, 0.4) is 0 Å². The molecule has 0 saturated heterocycles. The van der Waals surface area contributed by atoms with Crippen molar-refractivity contribution < 1.29 is 18.7 Å². The predicted molar refractivity (Wildman–Crippen MR) is 74.0 cm³/mol. The highest BCUT2D eigenvalue weighted by atomic mass is 31.2. The minimum absolute atomic E-state index is 0.123. The van der Waals surface area contributed by atoms with Crippen LogP contribution in [0.2, 0.25) is 0 Å². The van der Waals surface area contributed by atoms with Crippen molar-refractivity contribution in [1.29, 1.82) is 0 Å². The van der Waals surface area contributed by atoms with Crippen molar-refractivity contribution in [1.82, 2.24) is 0 Å². The number of phenols is 1. The number of hydrogen-bond acceptors (Lipinski definition) is 4. The van der Waals surface area contributed by atoms with Crippen molar-refractivity contribution in [2.24, 2.45) is 0 Å². The van der Waals surface area contributed by atoms with Gasteiger partial charge in [-0.25, -0.2) is 4.57 Å². The van der Waals surface area contributed by atoms with Gasteiger partial charge in [0.1, 0.15) is 11.5 Å². The van der Waals surface area contributed by atoms with Crippen LogP contribution in [0.4, 0.5) is 0 Å². The molecular weight excluding hydrogens is 263 g/mol. The van der Waals surface area contributed by atoms with Crippen LogP contribution in [-0.4, -0.2) is 11.7 Å². The van der Waals surface area contributed by atoms with Gasteiger partial charge < -0.3 is 9.63 Å².